The molecule has 0 bridgehead atoms. The van der Waals surface area contributed by atoms with Gasteiger partial charge in [-0.25, -0.2) is 4.39 Å². The molecule has 2 aromatic heterocycles. The van der Waals surface area contributed by atoms with Crippen molar-refractivity contribution in [1.82, 2.24) is 25.0 Å². The van der Waals surface area contributed by atoms with Crippen LogP contribution in [0.4, 0.5) is 4.39 Å². The van der Waals surface area contributed by atoms with Crippen molar-refractivity contribution in [3.8, 4) is 17.0 Å². The van der Waals surface area contributed by atoms with Crippen molar-refractivity contribution in [1.29, 1.82) is 0 Å². The molecular formula is C26H27ClFN5O3. The summed E-state index contributed by atoms with van der Waals surface area (Å²) in [4.78, 5) is 31.4. The Kier molecular flexibility index (Phi) is 6.91. The molecule has 3 heterocycles. The summed E-state index contributed by atoms with van der Waals surface area (Å²) >= 11 is 7.05. The van der Waals surface area contributed by atoms with Crippen LogP contribution in [0.25, 0.3) is 11.3 Å². The second kappa shape index (κ2) is 10.3. The van der Waals surface area contributed by atoms with Crippen LogP contribution in [0.5, 0.6) is 5.75 Å². The van der Waals surface area contributed by atoms with Crippen LogP contribution < -0.4 is 10.1 Å². The third kappa shape index (κ3) is 4.80. The number of rotatable bonds is 7. The van der Waals surface area contributed by atoms with Gasteiger partial charge in [0, 0.05) is 17.8 Å². The van der Waals surface area contributed by atoms with Crippen molar-refractivity contribution in [3.63, 3.8) is 0 Å². The highest BCUT2D eigenvalue weighted by Crippen LogP contribution is 2.35. The topological polar surface area (TPSA) is 89.3 Å². The molecule has 1 aliphatic heterocycles. The Bertz CT molecular complexity index is 1230. The van der Waals surface area contributed by atoms with Gasteiger partial charge in [-0.2, -0.15) is 5.10 Å². The third-order valence-electron chi connectivity index (χ3n) is 6.74. The number of amides is 2. The zero-order valence-electron chi connectivity index (χ0n) is 19.7. The Morgan fingerprint density at radius 3 is 2.64 bits per heavy atom. The van der Waals surface area contributed by atoms with E-state index in [1.54, 1.807) is 48.7 Å². The van der Waals surface area contributed by atoms with Crippen molar-refractivity contribution in [2.75, 3.05) is 6.86 Å². The quantitative estimate of drug-likeness (QED) is 0.377. The van der Waals surface area contributed by atoms with E-state index in [1.807, 2.05) is 6.07 Å². The second-order valence-electron chi connectivity index (χ2n) is 9.13. The van der Waals surface area contributed by atoms with Crippen LogP contribution in [0, 0.1) is 0 Å². The lowest BCUT2D eigenvalue weighted by Crippen LogP contribution is -2.63. The predicted octanol–water partition coefficient (Wildman–Crippen LogP) is 4.29. The molecule has 2 aliphatic rings. The monoisotopic (exact) mass is 511 g/mol. The van der Waals surface area contributed by atoms with Crippen molar-refractivity contribution < 1.29 is 18.7 Å². The van der Waals surface area contributed by atoms with Crippen LogP contribution >= 0.6 is 11.6 Å². The van der Waals surface area contributed by atoms with Crippen molar-refractivity contribution >= 4 is 23.4 Å². The first kappa shape index (κ1) is 24.2. The average molecular weight is 512 g/mol. The molecule has 0 saturated heterocycles. The largest absolute Gasteiger partial charge is 0.463 e. The highest BCUT2D eigenvalue weighted by Gasteiger charge is 2.51. The molecule has 1 atom stereocenters. The molecule has 3 aromatic rings. The van der Waals surface area contributed by atoms with Gasteiger partial charge >= 0.3 is 0 Å². The number of ether oxygens (including phenoxy) is 1. The van der Waals surface area contributed by atoms with Crippen LogP contribution in [0.2, 0.25) is 0 Å². The fraction of sp³-hybridized carbons (Fsp3) is 0.385. The first-order valence-corrected chi connectivity index (χ1v) is 12.4. The second-order valence-corrected chi connectivity index (χ2v) is 9.76. The lowest BCUT2D eigenvalue weighted by molar-refractivity contribution is -0.130. The van der Waals surface area contributed by atoms with Gasteiger partial charge in [0.15, 0.2) is 0 Å². The zero-order chi connectivity index (χ0) is 25.1. The van der Waals surface area contributed by atoms with Gasteiger partial charge in [-0.15, -0.1) is 0 Å². The van der Waals surface area contributed by atoms with E-state index in [2.05, 4.69) is 15.4 Å². The molecule has 8 nitrogen and oxygen atoms in total. The highest BCUT2D eigenvalue weighted by molar-refractivity contribution is 6.36. The fourth-order valence-electron chi connectivity index (χ4n) is 4.81. The highest BCUT2D eigenvalue weighted by atomic mass is 35.5. The maximum absolute atomic E-state index is 13.7. The lowest BCUT2D eigenvalue weighted by Gasteiger charge is -2.41. The number of halogens is 2. The summed E-state index contributed by atoms with van der Waals surface area (Å²) < 4.78 is 18.8. The molecule has 1 fully saturated rings. The van der Waals surface area contributed by atoms with Crippen molar-refractivity contribution in [3.05, 3.63) is 66.1 Å². The minimum absolute atomic E-state index is 0.00986. The summed E-state index contributed by atoms with van der Waals surface area (Å²) in [6.07, 6.45) is 6.69. The first-order valence-electron chi connectivity index (χ1n) is 12.1. The maximum Gasteiger partial charge on any atom is 0.274 e. The molecule has 1 N–H and O–H groups in total. The molecule has 1 aromatic carbocycles. The van der Waals surface area contributed by atoms with E-state index in [0.717, 1.165) is 37.7 Å². The number of nitrogens with one attached hydrogen (secondary N) is 1. The van der Waals surface area contributed by atoms with E-state index in [9.17, 15) is 14.0 Å². The number of carbonyl (C=O) groups excluding carboxylic acids is 2. The van der Waals surface area contributed by atoms with Gasteiger partial charge in [-0.05, 0) is 55.3 Å². The SMILES string of the molecule is O=C1c2cc(-c3ccc(OCF)cc3)nn2CC(Cl)(C(=O)NC2CCCCC2)N1Cc1ccccn1. The number of carbonyl (C=O) groups is 2. The lowest BCUT2D eigenvalue weighted by atomic mass is 9.95. The van der Waals surface area contributed by atoms with Crippen molar-refractivity contribution in [2.45, 2.75) is 56.2 Å². The van der Waals surface area contributed by atoms with E-state index in [0.29, 0.717) is 22.8 Å². The fourth-order valence-corrected chi connectivity index (χ4v) is 5.11. The molecule has 188 valence electrons. The van der Waals surface area contributed by atoms with Crippen molar-refractivity contribution in [2.24, 2.45) is 0 Å². The standard InChI is InChI=1S/C26H27ClFN5O3/c27-26(25(35)30-19-6-2-1-3-7-19)16-33-23(24(34)32(26)15-20-8-4-5-13-29-20)14-22(31-33)18-9-11-21(12-10-18)36-17-28/h4-5,8-14,19H,1-3,6-7,15-17H2,(H,30,35). The number of hydrogen-bond acceptors (Lipinski definition) is 5. The number of nitrogens with zero attached hydrogens (tertiary/aromatic N) is 4. The first-order chi connectivity index (χ1) is 17.5. The number of hydrogen-bond donors (Lipinski definition) is 1. The Hall–Kier alpha value is -3.46. The smallest absolute Gasteiger partial charge is 0.274 e. The number of benzene rings is 1. The summed E-state index contributed by atoms with van der Waals surface area (Å²) in [7, 11) is 0. The van der Waals surface area contributed by atoms with Crippen LogP contribution in [0.1, 0.15) is 48.3 Å². The number of pyridine rings is 1. The van der Waals surface area contributed by atoms with Gasteiger partial charge in [0.2, 0.25) is 11.9 Å². The van der Waals surface area contributed by atoms with Gasteiger partial charge in [0.1, 0.15) is 11.4 Å². The molecule has 5 rings (SSSR count). The average Bonchev–Trinajstić information content (AvgIpc) is 3.32. The number of fused-ring (bicyclic) bond motifs is 1. The molecule has 2 amide bonds. The minimum Gasteiger partial charge on any atom is -0.463 e. The van der Waals surface area contributed by atoms with Gasteiger partial charge in [0.25, 0.3) is 11.8 Å². The normalized spacial score (nSPS) is 20.2. The maximum atomic E-state index is 13.7. The summed E-state index contributed by atoms with van der Waals surface area (Å²) in [5.41, 5.74) is 2.21. The van der Waals surface area contributed by atoms with Crippen LogP contribution in [-0.4, -0.2) is 49.4 Å². The molecule has 1 saturated carbocycles. The molecule has 1 unspecified atom stereocenters. The molecule has 1 aliphatic carbocycles. The minimum atomic E-state index is -1.67. The van der Waals surface area contributed by atoms with Crippen LogP contribution in [-0.2, 0) is 17.9 Å². The van der Waals surface area contributed by atoms with Crippen LogP contribution in [0.3, 0.4) is 0 Å². The van der Waals surface area contributed by atoms with Gasteiger partial charge < -0.3 is 15.0 Å². The Balaban J connectivity index is 1.47. The molecular weight excluding hydrogens is 485 g/mol. The van der Waals surface area contributed by atoms with Gasteiger partial charge in [-0.1, -0.05) is 36.9 Å². The Labute approximate surface area is 213 Å². The Morgan fingerprint density at radius 2 is 1.94 bits per heavy atom. The third-order valence-corrected chi connectivity index (χ3v) is 7.23. The van der Waals surface area contributed by atoms with E-state index < -0.39 is 23.7 Å². The van der Waals surface area contributed by atoms with E-state index >= 15 is 0 Å². The molecule has 0 radical (unpaired) electrons. The van der Waals surface area contributed by atoms with E-state index in [1.165, 1.54) is 9.58 Å². The van der Waals surface area contributed by atoms with Crippen LogP contribution in [0.15, 0.2) is 54.7 Å². The van der Waals surface area contributed by atoms with E-state index in [-0.39, 0.29) is 19.1 Å². The predicted molar refractivity (Wildman–Crippen MR) is 132 cm³/mol. The van der Waals surface area contributed by atoms with Gasteiger partial charge in [-0.3, -0.25) is 19.3 Å². The summed E-state index contributed by atoms with van der Waals surface area (Å²) in [5, 5.41) is 7.67. The Morgan fingerprint density at radius 1 is 1.17 bits per heavy atom. The summed E-state index contributed by atoms with van der Waals surface area (Å²) in [6, 6.07) is 13.9. The zero-order valence-corrected chi connectivity index (χ0v) is 20.5. The number of alkyl halides is 2. The number of aromatic nitrogens is 3. The van der Waals surface area contributed by atoms with Gasteiger partial charge in [0.05, 0.1) is 24.5 Å². The van der Waals surface area contributed by atoms with E-state index in [4.69, 9.17) is 16.3 Å². The molecule has 0 spiro atoms. The molecule has 10 heteroatoms. The summed E-state index contributed by atoms with van der Waals surface area (Å²) in [6.45, 7) is -0.847. The summed E-state index contributed by atoms with van der Waals surface area (Å²) in [5.74, 6) is -0.422. The molecule has 36 heavy (non-hydrogen) atoms.